The van der Waals surface area contributed by atoms with Crippen LogP contribution in [0.1, 0.15) is 6.92 Å². The first-order valence-corrected chi connectivity index (χ1v) is 7.99. The Hall–Kier alpha value is -1.65. The first-order valence-electron chi connectivity index (χ1n) is 6.73. The van der Waals surface area contributed by atoms with Crippen molar-refractivity contribution in [2.75, 3.05) is 16.8 Å². The van der Waals surface area contributed by atoms with Crippen LogP contribution in [0, 0.1) is 0 Å². The lowest BCUT2D eigenvalue weighted by Gasteiger charge is -2.32. The summed E-state index contributed by atoms with van der Waals surface area (Å²) < 4.78 is 0. The normalized spacial score (nSPS) is 17.2. The Morgan fingerprint density at radius 1 is 1.24 bits per heavy atom. The molecule has 1 aliphatic rings. The van der Waals surface area contributed by atoms with Crippen LogP contribution >= 0.6 is 23.4 Å². The Labute approximate surface area is 133 Å². The fraction of sp³-hybridized carbons (Fsp3) is 0.188. The highest BCUT2D eigenvalue weighted by Gasteiger charge is 2.26. The molecule has 5 heteroatoms. The highest BCUT2D eigenvalue weighted by Crippen LogP contribution is 2.38. The molecular formula is C16H15ClN2OS. The molecule has 0 radical (unpaired) electrons. The van der Waals surface area contributed by atoms with Gasteiger partial charge in [0, 0.05) is 27.4 Å². The second kappa shape index (κ2) is 6.00. The predicted octanol–water partition coefficient (Wildman–Crippen LogP) is 4.87. The number of carbonyl (C=O) groups is 1. The summed E-state index contributed by atoms with van der Waals surface area (Å²) in [6.45, 7) is 2.82. The molecule has 2 aromatic rings. The van der Waals surface area contributed by atoms with Crippen LogP contribution in [0.4, 0.5) is 16.2 Å². The Bertz CT molecular complexity index is 660. The summed E-state index contributed by atoms with van der Waals surface area (Å²) in [5, 5.41) is 3.94. The fourth-order valence-corrected chi connectivity index (χ4v) is 3.54. The number of fused-ring (bicyclic) bond motifs is 1. The van der Waals surface area contributed by atoms with Crippen LogP contribution in [0.25, 0.3) is 0 Å². The molecule has 0 fully saturated rings. The molecular weight excluding hydrogens is 304 g/mol. The maximum absolute atomic E-state index is 12.5. The SMILES string of the molecule is CC1CN(C(=O)Nc2ccc(Cl)cc2)c2ccccc2S1. The van der Waals surface area contributed by atoms with E-state index in [0.29, 0.717) is 16.8 Å². The molecule has 1 unspecified atom stereocenters. The number of anilines is 2. The molecule has 2 amide bonds. The third-order valence-electron chi connectivity index (χ3n) is 3.26. The van der Waals surface area contributed by atoms with Gasteiger partial charge >= 0.3 is 6.03 Å². The minimum Gasteiger partial charge on any atom is -0.308 e. The monoisotopic (exact) mass is 318 g/mol. The lowest BCUT2D eigenvalue weighted by atomic mass is 10.2. The van der Waals surface area contributed by atoms with E-state index in [4.69, 9.17) is 11.6 Å². The van der Waals surface area contributed by atoms with Crippen molar-refractivity contribution in [3.8, 4) is 0 Å². The standard InChI is InChI=1S/C16H15ClN2OS/c1-11-10-19(14-4-2-3-5-15(14)21-11)16(20)18-13-8-6-12(17)7-9-13/h2-9,11H,10H2,1H3,(H,18,20). The van der Waals surface area contributed by atoms with E-state index in [1.165, 1.54) is 0 Å². The number of thioether (sulfide) groups is 1. The topological polar surface area (TPSA) is 32.3 Å². The van der Waals surface area contributed by atoms with E-state index in [1.54, 1.807) is 40.9 Å². The predicted molar refractivity (Wildman–Crippen MR) is 89.6 cm³/mol. The van der Waals surface area contributed by atoms with E-state index in [0.717, 1.165) is 16.3 Å². The maximum Gasteiger partial charge on any atom is 0.326 e. The number of benzene rings is 2. The Kier molecular flexibility index (Phi) is 4.08. The Morgan fingerprint density at radius 3 is 2.71 bits per heavy atom. The molecule has 0 aromatic heterocycles. The second-order valence-electron chi connectivity index (χ2n) is 4.94. The number of halogens is 1. The first kappa shape index (κ1) is 14.3. The van der Waals surface area contributed by atoms with E-state index < -0.39 is 0 Å². The van der Waals surface area contributed by atoms with Crippen LogP contribution in [-0.4, -0.2) is 17.8 Å². The molecule has 21 heavy (non-hydrogen) atoms. The molecule has 0 aliphatic carbocycles. The fourth-order valence-electron chi connectivity index (χ4n) is 2.31. The molecule has 3 nitrogen and oxygen atoms in total. The van der Waals surface area contributed by atoms with E-state index >= 15 is 0 Å². The largest absolute Gasteiger partial charge is 0.326 e. The zero-order chi connectivity index (χ0) is 14.8. The van der Waals surface area contributed by atoms with Crippen molar-refractivity contribution >= 4 is 40.8 Å². The van der Waals surface area contributed by atoms with Gasteiger partial charge in [0.25, 0.3) is 0 Å². The van der Waals surface area contributed by atoms with Gasteiger partial charge in [0.1, 0.15) is 0 Å². The molecule has 1 heterocycles. The van der Waals surface area contributed by atoms with E-state index in [9.17, 15) is 4.79 Å². The number of para-hydroxylation sites is 1. The third kappa shape index (κ3) is 3.17. The number of hydrogen-bond acceptors (Lipinski definition) is 2. The number of nitrogens with zero attached hydrogens (tertiary/aromatic N) is 1. The van der Waals surface area contributed by atoms with Crippen molar-refractivity contribution < 1.29 is 4.79 Å². The molecule has 0 saturated heterocycles. The van der Waals surface area contributed by atoms with Crippen molar-refractivity contribution in [1.82, 2.24) is 0 Å². The van der Waals surface area contributed by atoms with Gasteiger partial charge in [0.15, 0.2) is 0 Å². The molecule has 1 atom stereocenters. The number of carbonyl (C=O) groups excluding carboxylic acids is 1. The second-order valence-corrected chi connectivity index (χ2v) is 6.86. The lowest BCUT2D eigenvalue weighted by Crippen LogP contribution is -2.41. The van der Waals surface area contributed by atoms with Gasteiger partial charge in [-0.3, -0.25) is 4.90 Å². The van der Waals surface area contributed by atoms with E-state index in [2.05, 4.69) is 18.3 Å². The van der Waals surface area contributed by atoms with Gasteiger partial charge in [-0.25, -0.2) is 4.79 Å². The van der Waals surface area contributed by atoms with Crippen molar-refractivity contribution in [2.45, 2.75) is 17.1 Å². The number of amides is 2. The zero-order valence-corrected chi connectivity index (χ0v) is 13.1. The van der Waals surface area contributed by atoms with Gasteiger partial charge in [-0.05, 0) is 36.4 Å². The van der Waals surface area contributed by atoms with Gasteiger partial charge in [0.2, 0.25) is 0 Å². The van der Waals surface area contributed by atoms with Gasteiger partial charge < -0.3 is 5.32 Å². The first-order chi connectivity index (χ1) is 10.1. The van der Waals surface area contributed by atoms with Crippen LogP contribution in [0.15, 0.2) is 53.4 Å². The van der Waals surface area contributed by atoms with Crippen LogP contribution < -0.4 is 10.2 Å². The summed E-state index contributed by atoms with van der Waals surface area (Å²) >= 11 is 7.66. The summed E-state index contributed by atoms with van der Waals surface area (Å²) in [7, 11) is 0. The van der Waals surface area contributed by atoms with Crippen LogP contribution in [0.3, 0.4) is 0 Å². The Morgan fingerprint density at radius 2 is 1.95 bits per heavy atom. The molecule has 1 N–H and O–H groups in total. The summed E-state index contributed by atoms with van der Waals surface area (Å²) in [5.41, 5.74) is 1.71. The minimum atomic E-state index is -0.114. The maximum atomic E-state index is 12.5. The number of urea groups is 1. The summed E-state index contributed by atoms with van der Waals surface area (Å²) in [6, 6.07) is 15.0. The van der Waals surface area contributed by atoms with Gasteiger partial charge in [-0.2, -0.15) is 0 Å². The molecule has 0 spiro atoms. The highest BCUT2D eigenvalue weighted by molar-refractivity contribution is 8.00. The van der Waals surface area contributed by atoms with Gasteiger partial charge in [0.05, 0.1) is 5.69 Å². The highest BCUT2D eigenvalue weighted by atomic mass is 35.5. The number of rotatable bonds is 1. The summed E-state index contributed by atoms with van der Waals surface area (Å²) in [5.74, 6) is 0. The van der Waals surface area contributed by atoms with Crippen molar-refractivity contribution in [3.05, 3.63) is 53.6 Å². The van der Waals surface area contributed by atoms with Crippen LogP contribution in [0.2, 0.25) is 5.02 Å². The zero-order valence-electron chi connectivity index (χ0n) is 11.5. The average molecular weight is 319 g/mol. The molecule has 2 aromatic carbocycles. The minimum absolute atomic E-state index is 0.114. The van der Waals surface area contributed by atoms with Crippen LogP contribution in [-0.2, 0) is 0 Å². The summed E-state index contributed by atoms with van der Waals surface area (Å²) in [6.07, 6.45) is 0. The van der Waals surface area contributed by atoms with Gasteiger partial charge in [-0.1, -0.05) is 30.7 Å². The van der Waals surface area contributed by atoms with E-state index in [1.807, 2.05) is 18.2 Å². The smallest absolute Gasteiger partial charge is 0.308 e. The third-order valence-corrected chi connectivity index (χ3v) is 4.67. The van der Waals surface area contributed by atoms with Crippen molar-refractivity contribution in [3.63, 3.8) is 0 Å². The molecule has 0 bridgehead atoms. The average Bonchev–Trinajstić information content (AvgIpc) is 2.48. The Balaban J connectivity index is 1.83. The molecule has 0 saturated carbocycles. The lowest BCUT2D eigenvalue weighted by molar-refractivity contribution is 0.256. The van der Waals surface area contributed by atoms with Gasteiger partial charge in [-0.15, -0.1) is 11.8 Å². The van der Waals surface area contributed by atoms with E-state index in [-0.39, 0.29) is 6.03 Å². The molecule has 1 aliphatic heterocycles. The molecule has 108 valence electrons. The van der Waals surface area contributed by atoms with Crippen molar-refractivity contribution in [1.29, 1.82) is 0 Å². The summed E-state index contributed by atoms with van der Waals surface area (Å²) in [4.78, 5) is 15.5. The molecule has 3 rings (SSSR count). The number of nitrogens with one attached hydrogen (secondary N) is 1. The van der Waals surface area contributed by atoms with Crippen LogP contribution in [0.5, 0.6) is 0 Å². The van der Waals surface area contributed by atoms with Crippen molar-refractivity contribution in [2.24, 2.45) is 0 Å². The quantitative estimate of drug-likeness (QED) is 0.813. The number of hydrogen-bond donors (Lipinski definition) is 1.